The Kier molecular flexibility index (Phi) is 4.03. The highest BCUT2D eigenvalue weighted by Gasteiger charge is 2.15. The van der Waals surface area contributed by atoms with Crippen LogP contribution >= 0.6 is 11.6 Å². The van der Waals surface area contributed by atoms with Crippen molar-refractivity contribution in [1.82, 2.24) is 0 Å². The van der Waals surface area contributed by atoms with E-state index in [-0.39, 0.29) is 22.1 Å². The fourth-order valence-electron chi connectivity index (χ4n) is 1.41. The van der Waals surface area contributed by atoms with E-state index in [0.29, 0.717) is 0 Å². The van der Waals surface area contributed by atoms with E-state index in [2.05, 4.69) is 10.2 Å². The highest BCUT2D eigenvalue weighted by molar-refractivity contribution is 7.86. The minimum Gasteiger partial charge on any atom is -0.506 e. The van der Waals surface area contributed by atoms with Gasteiger partial charge in [-0.2, -0.15) is 13.5 Å². The fraction of sp³-hybridized carbons (Fsp3) is 0. The summed E-state index contributed by atoms with van der Waals surface area (Å²) in [6.45, 7) is 0. The van der Waals surface area contributed by atoms with Gasteiger partial charge >= 0.3 is 0 Å². The van der Waals surface area contributed by atoms with Crippen LogP contribution in [0.15, 0.2) is 57.6 Å². The molecule has 0 bridgehead atoms. The first kappa shape index (κ1) is 14.4. The number of hydrogen-bond acceptors (Lipinski definition) is 5. The monoisotopic (exact) mass is 312 g/mol. The third-order valence-electron chi connectivity index (χ3n) is 2.35. The van der Waals surface area contributed by atoms with Crippen LogP contribution in [-0.2, 0) is 10.1 Å². The van der Waals surface area contributed by atoms with Gasteiger partial charge in [0.2, 0.25) is 0 Å². The Morgan fingerprint density at radius 1 is 1.05 bits per heavy atom. The molecule has 6 nitrogen and oxygen atoms in total. The second-order valence-electron chi connectivity index (χ2n) is 3.78. The van der Waals surface area contributed by atoms with Gasteiger partial charge in [0.1, 0.15) is 16.3 Å². The molecule has 0 saturated heterocycles. The number of halogens is 1. The summed E-state index contributed by atoms with van der Waals surface area (Å²) in [5.41, 5.74) is 0.404. The number of rotatable bonds is 3. The first-order valence-corrected chi connectivity index (χ1v) is 7.16. The molecule has 0 heterocycles. The topological polar surface area (TPSA) is 99.3 Å². The average Bonchev–Trinajstić information content (AvgIpc) is 2.38. The Hall–Kier alpha value is -1.96. The van der Waals surface area contributed by atoms with Gasteiger partial charge in [0.05, 0.1) is 10.7 Å². The van der Waals surface area contributed by atoms with E-state index in [1.165, 1.54) is 18.2 Å². The largest absolute Gasteiger partial charge is 0.506 e. The van der Waals surface area contributed by atoms with Crippen LogP contribution < -0.4 is 0 Å². The molecular formula is C12H9ClN2O4S. The van der Waals surface area contributed by atoms with Crippen LogP contribution in [0, 0.1) is 0 Å². The second-order valence-corrected chi connectivity index (χ2v) is 5.58. The molecule has 0 radical (unpaired) electrons. The minimum absolute atomic E-state index is 0.0554. The number of phenols is 1. The van der Waals surface area contributed by atoms with Crippen molar-refractivity contribution in [3.8, 4) is 5.75 Å². The first-order valence-electron chi connectivity index (χ1n) is 5.35. The smallest absolute Gasteiger partial charge is 0.296 e. The van der Waals surface area contributed by atoms with E-state index in [9.17, 15) is 13.5 Å². The molecular weight excluding hydrogens is 304 g/mol. The fourth-order valence-corrected chi connectivity index (χ4v) is 2.41. The van der Waals surface area contributed by atoms with Crippen molar-refractivity contribution in [2.75, 3.05) is 0 Å². The van der Waals surface area contributed by atoms with Gasteiger partial charge in [0.15, 0.2) is 0 Å². The van der Waals surface area contributed by atoms with Crippen LogP contribution in [0.25, 0.3) is 0 Å². The quantitative estimate of drug-likeness (QED) is 0.666. The lowest BCUT2D eigenvalue weighted by atomic mass is 10.3. The average molecular weight is 313 g/mol. The van der Waals surface area contributed by atoms with Crippen molar-refractivity contribution in [3.05, 3.63) is 47.5 Å². The predicted molar refractivity (Wildman–Crippen MR) is 73.5 cm³/mol. The Balaban J connectivity index is 2.39. The third kappa shape index (κ3) is 3.32. The molecule has 0 saturated carbocycles. The van der Waals surface area contributed by atoms with E-state index < -0.39 is 15.0 Å². The van der Waals surface area contributed by atoms with E-state index in [1.807, 2.05) is 0 Å². The lowest BCUT2D eigenvalue weighted by Crippen LogP contribution is -1.98. The second kappa shape index (κ2) is 5.58. The number of para-hydroxylation sites is 1. The van der Waals surface area contributed by atoms with Gasteiger partial charge in [0, 0.05) is 0 Å². The maximum absolute atomic E-state index is 11.1. The minimum atomic E-state index is -4.43. The zero-order valence-corrected chi connectivity index (χ0v) is 11.5. The van der Waals surface area contributed by atoms with Crippen molar-refractivity contribution >= 4 is 33.1 Å². The first-order chi connectivity index (χ1) is 9.38. The SMILES string of the molecule is O=S(=O)(O)c1cc(N=Nc2ccccc2O)ccc1Cl. The molecule has 8 heteroatoms. The molecule has 2 aromatic carbocycles. The molecule has 0 aliphatic rings. The summed E-state index contributed by atoms with van der Waals surface area (Å²) < 4.78 is 31.2. The summed E-state index contributed by atoms with van der Waals surface area (Å²) in [5, 5.41) is 17.0. The molecule has 0 unspecified atom stereocenters. The van der Waals surface area contributed by atoms with Crippen LogP contribution in [0.5, 0.6) is 5.75 Å². The molecule has 2 aromatic rings. The molecule has 0 aromatic heterocycles. The van der Waals surface area contributed by atoms with Crippen molar-refractivity contribution in [2.45, 2.75) is 4.90 Å². The summed E-state index contributed by atoms with van der Waals surface area (Å²) in [5.74, 6) is -0.0554. The van der Waals surface area contributed by atoms with E-state index in [4.69, 9.17) is 16.2 Å². The summed E-state index contributed by atoms with van der Waals surface area (Å²) in [7, 11) is -4.43. The third-order valence-corrected chi connectivity index (χ3v) is 3.68. The predicted octanol–water partition coefficient (Wildman–Crippen LogP) is 3.71. The molecule has 0 fully saturated rings. The van der Waals surface area contributed by atoms with Crippen LogP contribution in [0.1, 0.15) is 0 Å². The zero-order valence-electron chi connectivity index (χ0n) is 9.93. The van der Waals surface area contributed by atoms with Crippen LogP contribution in [0.3, 0.4) is 0 Å². The summed E-state index contributed by atoms with van der Waals surface area (Å²) in [6.07, 6.45) is 0. The number of phenolic OH excluding ortho intramolecular Hbond substituents is 1. The number of hydrogen-bond donors (Lipinski definition) is 2. The maximum Gasteiger partial charge on any atom is 0.296 e. The molecule has 20 heavy (non-hydrogen) atoms. The van der Waals surface area contributed by atoms with E-state index in [1.54, 1.807) is 18.2 Å². The van der Waals surface area contributed by atoms with Gasteiger partial charge in [-0.15, -0.1) is 5.11 Å². The molecule has 2 N–H and O–H groups in total. The molecule has 0 aliphatic carbocycles. The van der Waals surface area contributed by atoms with E-state index >= 15 is 0 Å². The van der Waals surface area contributed by atoms with Crippen molar-refractivity contribution in [1.29, 1.82) is 0 Å². The lowest BCUT2D eigenvalue weighted by molar-refractivity contribution is 0.476. The molecule has 104 valence electrons. The normalized spacial score (nSPS) is 11.9. The van der Waals surface area contributed by atoms with Gasteiger partial charge in [-0.3, -0.25) is 4.55 Å². The number of benzene rings is 2. The Labute approximate surface area is 120 Å². The van der Waals surface area contributed by atoms with Gasteiger partial charge in [-0.25, -0.2) is 0 Å². The summed E-state index contributed by atoms with van der Waals surface area (Å²) >= 11 is 5.67. The van der Waals surface area contributed by atoms with Gasteiger partial charge in [-0.05, 0) is 30.3 Å². The highest BCUT2D eigenvalue weighted by Crippen LogP contribution is 2.30. The molecule has 0 aliphatic heterocycles. The van der Waals surface area contributed by atoms with Crippen LogP contribution in [0.2, 0.25) is 5.02 Å². The maximum atomic E-state index is 11.1. The summed E-state index contributed by atoms with van der Waals surface area (Å²) in [6, 6.07) is 10.1. The lowest BCUT2D eigenvalue weighted by Gasteiger charge is -2.01. The highest BCUT2D eigenvalue weighted by atomic mass is 35.5. The Bertz CT molecular complexity index is 775. The summed E-state index contributed by atoms with van der Waals surface area (Å²) in [4.78, 5) is -0.451. The Morgan fingerprint density at radius 2 is 1.75 bits per heavy atom. The number of nitrogens with zero attached hydrogens (tertiary/aromatic N) is 2. The molecule has 0 atom stereocenters. The van der Waals surface area contributed by atoms with Gasteiger partial charge < -0.3 is 5.11 Å². The number of azo groups is 1. The van der Waals surface area contributed by atoms with Crippen LogP contribution in [0.4, 0.5) is 11.4 Å². The molecule has 2 rings (SSSR count). The molecule has 0 spiro atoms. The van der Waals surface area contributed by atoms with Crippen molar-refractivity contribution in [2.24, 2.45) is 10.2 Å². The van der Waals surface area contributed by atoms with Crippen molar-refractivity contribution in [3.63, 3.8) is 0 Å². The Morgan fingerprint density at radius 3 is 2.40 bits per heavy atom. The number of aromatic hydroxyl groups is 1. The van der Waals surface area contributed by atoms with Crippen molar-refractivity contribution < 1.29 is 18.1 Å². The van der Waals surface area contributed by atoms with Crippen LogP contribution in [-0.4, -0.2) is 18.1 Å². The zero-order chi connectivity index (χ0) is 14.8. The van der Waals surface area contributed by atoms with Gasteiger partial charge in [-0.1, -0.05) is 23.7 Å². The van der Waals surface area contributed by atoms with E-state index in [0.717, 1.165) is 6.07 Å². The molecule has 0 amide bonds. The standard InChI is InChI=1S/C12H9ClN2O4S/c13-9-6-5-8(7-12(9)20(17,18)19)14-15-10-3-1-2-4-11(10)16/h1-7,16H,(H,17,18,19). The van der Waals surface area contributed by atoms with Gasteiger partial charge in [0.25, 0.3) is 10.1 Å².